The van der Waals surface area contributed by atoms with Crippen molar-refractivity contribution in [3.8, 4) is 34.3 Å². The molecule has 0 saturated heterocycles. The lowest BCUT2D eigenvalue weighted by molar-refractivity contribution is 0.157. The van der Waals surface area contributed by atoms with Gasteiger partial charge in [0, 0.05) is 6.07 Å². The van der Waals surface area contributed by atoms with Crippen LogP contribution in [0.4, 0.5) is 0 Å². The Bertz CT molecular complexity index is 892. The van der Waals surface area contributed by atoms with Gasteiger partial charge in [0.05, 0.1) is 26.9 Å². The molecule has 3 rings (SSSR count). The summed E-state index contributed by atoms with van der Waals surface area (Å²) in [4.78, 5) is 12.4. The molecule has 1 aromatic heterocycles. The monoisotopic (exact) mass is 344 g/mol. The Balaban J connectivity index is 2.20. The van der Waals surface area contributed by atoms with Crippen molar-refractivity contribution in [1.82, 2.24) is 0 Å². The van der Waals surface area contributed by atoms with Crippen molar-refractivity contribution >= 4 is 6.08 Å². The molecule has 1 aliphatic heterocycles. The molecule has 1 aliphatic rings. The summed E-state index contributed by atoms with van der Waals surface area (Å²) < 4.78 is 27.5. The van der Waals surface area contributed by atoms with E-state index in [0.29, 0.717) is 39.9 Å². The van der Waals surface area contributed by atoms with Crippen LogP contribution in [0, 0.1) is 0 Å². The van der Waals surface area contributed by atoms with E-state index in [9.17, 15) is 4.79 Å². The molecule has 0 fully saturated rings. The second-order valence-corrected chi connectivity index (χ2v) is 6.10. The number of ether oxygens (including phenoxy) is 4. The lowest BCUT2D eigenvalue weighted by Gasteiger charge is -2.27. The van der Waals surface area contributed by atoms with Crippen LogP contribution >= 0.6 is 0 Å². The largest absolute Gasteiger partial charge is 0.493 e. The topological polar surface area (TPSA) is 67.1 Å². The standard InChI is InChI=1S/C19H20O6/c1-19(2)9-8-12-15(25-19)10-14(24-18(12)20)11-6-7-13(21-3)17(23-5)16(11)22-4/h6-10H,1-5H3. The Hall–Kier alpha value is -2.89. The maximum Gasteiger partial charge on any atom is 0.347 e. The van der Waals surface area contributed by atoms with Crippen molar-refractivity contribution in [1.29, 1.82) is 0 Å². The smallest absolute Gasteiger partial charge is 0.347 e. The van der Waals surface area contributed by atoms with E-state index in [1.807, 2.05) is 19.9 Å². The first-order valence-corrected chi connectivity index (χ1v) is 7.76. The second-order valence-electron chi connectivity index (χ2n) is 6.10. The molecule has 1 aromatic carbocycles. The van der Waals surface area contributed by atoms with E-state index in [-0.39, 0.29) is 0 Å². The van der Waals surface area contributed by atoms with Gasteiger partial charge in [-0.2, -0.15) is 0 Å². The van der Waals surface area contributed by atoms with E-state index >= 15 is 0 Å². The molecule has 132 valence electrons. The van der Waals surface area contributed by atoms with Crippen LogP contribution in [0.15, 0.2) is 33.5 Å². The fourth-order valence-electron chi connectivity index (χ4n) is 2.75. The van der Waals surface area contributed by atoms with Gasteiger partial charge in [-0.1, -0.05) is 0 Å². The third-order valence-electron chi connectivity index (χ3n) is 3.94. The molecule has 0 saturated carbocycles. The fraction of sp³-hybridized carbons (Fsp3) is 0.316. The highest BCUT2D eigenvalue weighted by atomic mass is 16.5. The van der Waals surface area contributed by atoms with E-state index < -0.39 is 11.2 Å². The van der Waals surface area contributed by atoms with Gasteiger partial charge in [-0.05, 0) is 38.1 Å². The number of fused-ring (bicyclic) bond motifs is 1. The molecule has 6 nitrogen and oxygen atoms in total. The van der Waals surface area contributed by atoms with Crippen LogP contribution < -0.4 is 24.6 Å². The van der Waals surface area contributed by atoms with Gasteiger partial charge in [-0.15, -0.1) is 0 Å². The molecular weight excluding hydrogens is 324 g/mol. The Morgan fingerprint density at radius 1 is 1.00 bits per heavy atom. The van der Waals surface area contributed by atoms with Crippen LogP contribution in [0.25, 0.3) is 17.4 Å². The number of benzene rings is 1. The average Bonchev–Trinajstić information content (AvgIpc) is 2.58. The molecule has 0 radical (unpaired) electrons. The highest BCUT2D eigenvalue weighted by Crippen LogP contribution is 2.45. The molecule has 25 heavy (non-hydrogen) atoms. The van der Waals surface area contributed by atoms with Crippen LogP contribution in [-0.4, -0.2) is 26.9 Å². The number of methoxy groups -OCH3 is 3. The van der Waals surface area contributed by atoms with Gasteiger partial charge in [0.15, 0.2) is 11.5 Å². The zero-order valence-electron chi connectivity index (χ0n) is 14.8. The number of rotatable bonds is 4. The molecule has 0 aliphatic carbocycles. The van der Waals surface area contributed by atoms with Crippen LogP contribution in [-0.2, 0) is 0 Å². The summed E-state index contributed by atoms with van der Waals surface area (Å²) in [7, 11) is 4.57. The summed E-state index contributed by atoms with van der Waals surface area (Å²) in [6.45, 7) is 3.83. The summed E-state index contributed by atoms with van der Waals surface area (Å²) >= 11 is 0. The summed E-state index contributed by atoms with van der Waals surface area (Å²) in [5, 5.41) is 0. The third kappa shape index (κ3) is 2.95. The van der Waals surface area contributed by atoms with Gasteiger partial charge in [0.2, 0.25) is 5.75 Å². The normalized spacial score (nSPS) is 14.4. The van der Waals surface area contributed by atoms with Gasteiger partial charge in [-0.25, -0.2) is 4.79 Å². The Morgan fingerprint density at radius 2 is 1.72 bits per heavy atom. The SMILES string of the molecule is COc1ccc(-c2cc3c(c(=O)o2)C=CC(C)(C)O3)c(OC)c1OC. The quantitative estimate of drug-likeness (QED) is 0.845. The minimum atomic E-state index is -0.500. The van der Waals surface area contributed by atoms with Gasteiger partial charge in [0.1, 0.15) is 22.7 Å². The van der Waals surface area contributed by atoms with Crippen molar-refractivity contribution in [2.45, 2.75) is 19.4 Å². The molecule has 6 heteroatoms. The first kappa shape index (κ1) is 17.0. The lowest BCUT2D eigenvalue weighted by atomic mass is 10.0. The molecular formula is C19H20O6. The van der Waals surface area contributed by atoms with Gasteiger partial charge >= 0.3 is 5.63 Å². The lowest BCUT2D eigenvalue weighted by Crippen LogP contribution is -2.29. The summed E-state index contributed by atoms with van der Waals surface area (Å²) in [6, 6.07) is 5.15. The van der Waals surface area contributed by atoms with Gasteiger partial charge < -0.3 is 23.4 Å². The zero-order chi connectivity index (χ0) is 18.2. The first-order valence-electron chi connectivity index (χ1n) is 7.76. The molecule has 2 heterocycles. The predicted molar refractivity (Wildman–Crippen MR) is 93.8 cm³/mol. The van der Waals surface area contributed by atoms with E-state index in [1.54, 1.807) is 24.3 Å². The first-order chi connectivity index (χ1) is 11.9. The highest BCUT2D eigenvalue weighted by Gasteiger charge is 2.26. The number of hydrogen-bond donors (Lipinski definition) is 0. The van der Waals surface area contributed by atoms with Crippen molar-refractivity contribution < 1.29 is 23.4 Å². The van der Waals surface area contributed by atoms with E-state index in [1.165, 1.54) is 21.3 Å². The molecule has 0 spiro atoms. The predicted octanol–water partition coefficient (Wildman–Crippen LogP) is 3.52. The molecule has 0 atom stereocenters. The van der Waals surface area contributed by atoms with Crippen LogP contribution in [0.3, 0.4) is 0 Å². The summed E-state index contributed by atoms with van der Waals surface area (Å²) in [6.07, 6.45) is 3.54. The van der Waals surface area contributed by atoms with Crippen LogP contribution in [0.2, 0.25) is 0 Å². The van der Waals surface area contributed by atoms with E-state index in [0.717, 1.165) is 0 Å². The highest BCUT2D eigenvalue weighted by molar-refractivity contribution is 5.75. The van der Waals surface area contributed by atoms with Crippen molar-refractivity contribution in [2.75, 3.05) is 21.3 Å². The Kier molecular flexibility index (Phi) is 4.20. The second kappa shape index (κ2) is 6.20. The van der Waals surface area contributed by atoms with Gasteiger partial charge in [-0.3, -0.25) is 0 Å². The minimum absolute atomic E-state index is 0.327. The molecule has 0 bridgehead atoms. The van der Waals surface area contributed by atoms with Crippen molar-refractivity contribution in [2.24, 2.45) is 0 Å². The molecule has 0 amide bonds. The van der Waals surface area contributed by atoms with E-state index in [4.69, 9.17) is 23.4 Å². The molecule has 2 aromatic rings. The maximum absolute atomic E-state index is 12.4. The maximum atomic E-state index is 12.4. The zero-order valence-corrected chi connectivity index (χ0v) is 14.8. The van der Waals surface area contributed by atoms with Gasteiger partial charge in [0.25, 0.3) is 0 Å². The van der Waals surface area contributed by atoms with Crippen LogP contribution in [0.5, 0.6) is 23.0 Å². The fourth-order valence-corrected chi connectivity index (χ4v) is 2.75. The van der Waals surface area contributed by atoms with Crippen molar-refractivity contribution in [3.05, 3.63) is 40.3 Å². The number of hydrogen-bond acceptors (Lipinski definition) is 6. The van der Waals surface area contributed by atoms with Crippen LogP contribution in [0.1, 0.15) is 19.4 Å². The summed E-state index contributed by atoms with van der Waals surface area (Å²) in [5.41, 5.74) is -0.0191. The molecule has 0 unspecified atom stereocenters. The van der Waals surface area contributed by atoms with E-state index in [2.05, 4.69) is 0 Å². The molecule has 0 N–H and O–H groups in total. The summed E-state index contributed by atoms with van der Waals surface area (Å²) in [5.74, 6) is 2.14. The minimum Gasteiger partial charge on any atom is -0.493 e. The Morgan fingerprint density at radius 3 is 2.36 bits per heavy atom. The Labute approximate surface area is 145 Å². The third-order valence-corrected chi connectivity index (χ3v) is 3.94. The van der Waals surface area contributed by atoms with Crippen molar-refractivity contribution in [3.63, 3.8) is 0 Å². The average molecular weight is 344 g/mol.